The molecule has 3 rings (SSSR count). The zero-order valence-corrected chi connectivity index (χ0v) is 17.5. The number of rotatable bonds is 6. The van der Waals surface area contributed by atoms with Crippen molar-refractivity contribution in [1.82, 2.24) is 10.6 Å². The lowest BCUT2D eigenvalue weighted by atomic mass is 9.98. The van der Waals surface area contributed by atoms with Gasteiger partial charge in [-0.15, -0.1) is 0 Å². The number of hydrogen-bond acceptors (Lipinski definition) is 5. The summed E-state index contributed by atoms with van der Waals surface area (Å²) in [6, 6.07) is 15.5. The Hall–Kier alpha value is -3.06. The number of ether oxygens (including phenoxy) is 2. The summed E-state index contributed by atoms with van der Waals surface area (Å²) in [5.41, 5.74) is 3.92. The monoisotopic (exact) mass is 412 g/mol. The minimum absolute atomic E-state index is 0.0234. The van der Waals surface area contributed by atoms with Gasteiger partial charge in [0.1, 0.15) is 12.2 Å². The van der Waals surface area contributed by atoms with Gasteiger partial charge in [-0.2, -0.15) is 0 Å². The van der Waals surface area contributed by atoms with Gasteiger partial charge in [0, 0.05) is 12.5 Å². The smallest absolute Gasteiger partial charge is 0.407 e. The summed E-state index contributed by atoms with van der Waals surface area (Å²) in [6.07, 6.45) is -1.27. The van der Waals surface area contributed by atoms with Crippen molar-refractivity contribution < 1.29 is 24.2 Å². The van der Waals surface area contributed by atoms with Crippen LogP contribution in [0.5, 0.6) is 0 Å². The molecule has 1 aliphatic rings. The fraction of sp³-hybridized carbons (Fsp3) is 0.391. The number of benzene rings is 2. The van der Waals surface area contributed by atoms with Gasteiger partial charge in [0.05, 0.1) is 12.6 Å². The van der Waals surface area contributed by atoms with Crippen molar-refractivity contribution >= 4 is 12.2 Å². The van der Waals surface area contributed by atoms with Crippen LogP contribution in [0.4, 0.5) is 9.59 Å². The lowest BCUT2D eigenvalue weighted by Crippen LogP contribution is -2.47. The molecule has 160 valence electrons. The molecule has 0 aliphatic heterocycles. The predicted octanol–water partition coefficient (Wildman–Crippen LogP) is 3.41. The molecule has 2 aromatic carbocycles. The molecule has 0 saturated carbocycles. The van der Waals surface area contributed by atoms with Gasteiger partial charge in [-0.05, 0) is 43.0 Å². The molecule has 2 amide bonds. The van der Waals surface area contributed by atoms with Crippen LogP contribution in [0.1, 0.15) is 37.8 Å². The standard InChI is InChI=1S/C23H28N2O5/c1-23(2,3)30-21(27)24-12-15(13-26)25-22(28)29-14-20-18-10-6-4-8-16(18)17-9-5-7-11-19(17)20/h4-11,15,20,26H,12-14H2,1-3H3,(H,24,27)(H,25,28). The number of aliphatic hydroxyl groups excluding tert-OH is 1. The molecule has 1 atom stereocenters. The largest absolute Gasteiger partial charge is 0.449 e. The lowest BCUT2D eigenvalue weighted by Gasteiger charge is -2.22. The summed E-state index contributed by atoms with van der Waals surface area (Å²) in [4.78, 5) is 24.0. The van der Waals surface area contributed by atoms with Crippen molar-refractivity contribution in [3.8, 4) is 11.1 Å². The van der Waals surface area contributed by atoms with E-state index in [4.69, 9.17) is 9.47 Å². The molecule has 0 radical (unpaired) electrons. The van der Waals surface area contributed by atoms with Crippen molar-refractivity contribution in [2.75, 3.05) is 19.8 Å². The summed E-state index contributed by atoms with van der Waals surface area (Å²) >= 11 is 0. The first-order chi connectivity index (χ1) is 14.3. The van der Waals surface area contributed by atoms with Crippen LogP contribution in [0.25, 0.3) is 11.1 Å². The number of fused-ring (bicyclic) bond motifs is 3. The number of alkyl carbamates (subject to hydrolysis) is 2. The Labute approximate surface area is 176 Å². The molecular formula is C23H28N2O5. The summed E-state index contributed by atoms with van der Waals surface area (Å²) < 4.78 is 10.6. The van der Waals surface area contributed by atoms with Crippen molar-refractivity contribution in [2.45, 2.75) is 38.3 Å². The average Bonchev–Trinajstić information content (AvgIpc) is 3.02. The number of amides is 2. The molecule has 0 bridgehead atoms. The first kappa shape index (κ1) is 21.6. The minimum atomic E-state index is -0.687. The number of carbonyl (C=O) groups excluding carboxylic acids is 2. The zero-order chi connectivity index (χ0) is 21.7. The number of aliphatic hydroxyl groups is 1. The highest BCUT2D eigenvalue weighted by molar-refractivity contribution is 5.79. The van der Waals surface area contributed by atoms with Gasteiger partial charge in [0.15, 0.2) is 0 Å². The van der Waals surface area contributed by atoms with E-state index in [2.05, 4.69) is 22.8 Å². The van der Waals surface area contributed by atoms with Crippen LogP contribution in [-0.2, 0) is 9.47 Å². The third-order valence-electron chi connectivity index (χ3n) is 4.78. The highest BCUT2D eigenvalue weighted by Crippen LogP contribution is 2.44. The summed E-state index contributed by atoms with van der Waals surface area (Å²) in [5.74, 6) is -0.0457. The van der Waals surface area contributed by atoms with Gasteiger partial charge in [-0.3, -0.25) is 0 Å². The van der Waals surface area contributed by atoms with E-state index in [0.717, 1.165) is 22.3 Å². The Morgan fingerprint density at radius 3 is 2.10 bits per heavy atom. The molecule has 1 aliphatic carbocycles. The Bertz CT molecular complexity index is 861. The van der Waals surface area contributed by atoms with Gasteiger partial charge in [0.25, 0.3) is 0 Å². The Balaban J connectivity index is 1.55. The van der Waals surface area contributed by atoms with E-state index in [-0.39, 0.29) is 25.7 Å². The van der Waals surface area contributed by atoms with Crippen LogP contribution in [0.2, 0.25) is 0 Å². The molecule has 7 nitrogen and oxygen atoms in total. The molecule has 0 heterocycles. The quantitative estimate of drug-likeness (QED) is 0.676. The van der Waals surface area contributed by atoms with E-state index in [1.165, 1.54) is 0 Å². The Morgan fingerprint density at radius 2 is 1.57 bits per heavy atom. The van der Waals surface area contributed by atoms with Crippen LogP contribution in [0.3, 0.4) is 0 Å². The fourth-order valence-corrected chi connectivity index (χ4v) is 3.49. The van der Waals surface area contributed by atoms with E-state index in [0.29, 0.717) is 0 Å². The third-order valence-corrected chi connectivity index (χ3v) is 4.78. The van der Waals surface area contributed by atoms with Gasteiger partial charge in [-0.25, -0.2) is 9.59 Å². The van der Waals surface area contributed by atoms with E-state index in [1.807, 2.05) is 36.4 Å². The molecular weight excluding hydrogens is 384 g/mol. The van der Waals surface area contributed by atoms with Crippen LogP contribution in [0, 0.1) is 0 Å². The predicted molar refractivity (Wildman–Crippen MR) is 113 cm³/mol. The maximum absolute atomic E-state index is 12.3. The summed E-state index contributed by atoms with van der Waals surface area (Å²) in [5, 5.41) is 14.6. The molecule has 0 spiro atoms. The van der Waals surface area contributed by atoms with Crippen molar-refractivity contribution in [3.63, 3.8) is 0 Å². The van der Waals surface area contributed by atoms with Crippen LogP contribution in [0.15, 0.2) is 48.5 Å². The summed E-state index contributed by atoms with van der Waals surface area (Å²) in [7, 11) is 0. The molecule has 3 N–H and O–H groups in total. The average molecular weight is 412 g/mol. The van der Waals surface area contributed by atoms with E-state index < -0.39 is 23.8 Å². The van der Waals surface area contributed by atoms with E-state index in [9.17, 15) is 14.7 Å². The minimum Gasteiger partial charge on any atom is -0.449 e. The van der Waals surface area contributed by atoms with Gasteiger partial charge in [-0.1, -0.05) is 48.5 Å². The van der Waals surface area contributed by atoms with Gasteiger partial charge in [0.2, 0.25) is 0 Å². The Kier molecular flexibility index (Phi) is 6.62. The topological polar surface area (TPSA) is 96.9 Å². The Morgan fingerprint density at radius 1 is 1.00 bits per heavy atom. The maximum atomic E-state index is 12.3. The van der Waals surface area contributed by atoms with Crippen molar-refractivity contribution in [3.05, 3.63) is 59.7 Å². The molecule has 7 heteroatoms. The molecule has 0 saturated heterocycles. The zero-order valence-electron chi connectivity index (χ0n) is 17.5. The van der Waals surface area contributed by atoms with E-state index >= 15 is 0 Å². The third kappa shape index (κ3) is 5.30. The van der Waals surface area contributed by atoms with Gasteiger partial charge < -0.3 is 25.2 Å². The second-order valence-electron chi connectivity index (χ2n) is 8.23. The number of carbonyl (C=O) groups is 2. The molecule has 1 unspecified atom stereocenters. The van der Waals surface area contributed by atoms with E-state index in [1.54, 1.807) is 20.8 Å². The molecule has 2 aromatic rings. The summed E-state index contributed by atoms with van der Waals surface area (Å²) in [6.45, 7) is 5.12. The highest BCUT2D eigenvalue weighted by Gasteiger charge is 2.29. The fourth-order valence-electron chi connectivity index (χ4n) is 3.49. The molecule has 30 heavy (non-hydrogen) atoms. The second kappa shape index (κ2) is 9.17. The van der Waals surface area contributed by atoms with Crippen molar-refractivity contribution in [2.24, 2.45) is 0 Å². The number of nitrogens with one attached hydrogen (secondary N) is 2. The SMILES string of the molecule is CC(C)(C)OC(=O)NCC(CO)NC(=O)OCC1c2ccccc2-c2ccccc21. The van der Waals surface area contributed by atoms with Gasteiger partial charge >= 0.3 is 12.2 Å². The van der Waals surface area contributed by atoms with Crippen LogP contribution in [-0.4, -0.2) is 48.7 Å². The highest BCUT2D eigenvalue weighted by atomic mass is 16.6. The first-order valence-corrected chi connectivity index (χ1v) is 9.97. The van der Waals surface area contributed by atoms with Crippen molar-refractivity contribution in [1.29, 1.82) is 0 Å². The lowest BCUT2D eigenvalue weighted by molar-refractivity contribution is 0.0515. The first-order valence-electron chi connectivity index (χ1n) is 9.97. The normalized spacial score (nSPS) is 13.7. The molecule has 0 fully saturated rings. The van der Waals surface area contributed by atoms with Crippen LogP contribution < -0.4 is 10.6 Å². The molecule has 0 aromatic heterocycles. The number of hydrogen-bond donors (Lipinski definition) is 3. The second-order valence-corrected chi connectivity index (χ2v) is 8.23. The maximum Gasteiger partial charge on any atom is 0.407 e. The van der Waals surface area contributed by atoms with Crippen LogP contribution >= 0.6 is 0 Å².